The van der Waals surface area contributed by atoms with Crippen LogP contribution in [0.25, 0.3) is 0 Å². The number of rotatable bonds is 9. The average molecular weight is 359 g/mol. The highest BCUT2D eigenvalue weighted by Crippen LogP contribution is 2.09. The number of carboxylic acids is 1. The summed E-state index contributed by atoms with van der Waals surface area (Å²) >= 11 is 0. The Labute approximate surface area is 153 Å². The van der Waals surface area contributed by atoms with Crippen LogP contribution in [0.2, 0.25) is 0 Å². The van der Waals surface area contributed by atoms with E-state index in [-0.39, 0.29) is 24.7 Å². The van der Waals surface area contributed by atoms with E-state index in [1.165, 1.54) is 20.8 Å². The minimum absolute atomic E-state index is 0.157. The van der Waals surface area contributed by atoms with Crippen molar-refractivity contribution in [3.8, 4) is 11.8 Å². The van der Waals surface area contributed by atoms with Crippen LogP contribution in [0, 0.1) is 11.8 Å². The number of carbonyl (C=O) groups excluding carboxylic acids is 2. The van der Waals surface area contributed by atoms with Gasteiger partial charge in [0.25, 0.3) is 5.91 Å². The quantitative estimate of drug-likeness (QED) is 0.522. The van der Waals surface area contributed by atoms with Gasteiger partial charge >= 0.3 is 5.97 Å². The van der Waals surface area contributed by atoms with Crippen molar-refractivity contribution in [3.63, 3.8) is 0 Å². The highest BCUT2D eigenvalue weighted by molar-refractivity contribution is 5.97. The van der Waals surface area contributed by atoms with Gasteiger partial charge in [0.1, 0.15) is 0 Å². The summed E-state index contributed by atoms with van der Waals surface area (Å²) in [6.07, 6.45) is 1.34. The molecule has 0 aliphatic carbocycles. The Hall–Kier alpha value is -2.65. The van der Waals surface area contributed by atoms with Gasteiger partial charge in [0.2, 0.25) is 0 Å². The molecule has 1 unspecified atom stereocenters. The van der Waals surface area contributed by atoms with Crippen LogP contribution in [0.3, 0.4) is 0 Å². The number of aliphatic carboxylic acids is 1. The maximum atomic E-state index is 12.1. The molecule has 1 amide bonds. The Kier molecular flexibility index (Phi) is 8.53. The molecule has 0 aliphatic heterocycles. The first kappa shape index (κ1) is 21.4. The number of benzene rings is 1. The number of amides is 1. The van der Waals surface area contributed by atoms with E-state index in [9.17, 15) is 14.4 Å². The third-order valence-corrected chi connectivity index (χ3v) is 3.69. The molecule has 0 bridgehead atoms. The van der Waals surface area contributed by atoms with Crippen molar-refractivity contribution in [3.05, 3.63) is 35.9 Å². The lowest BCUT2D eigenvalue weighted by Gasteiger charge is -2.19. The summed E-state index contributed by atoms with van der Waals surface area (Å²) in [4.78, 5) is 34.7. The number of carboxylic acid groups (broad SMARTS) is 1. The summed E-state index contributed by atoms with van der Waals surface area (Å²) in [6.45, 7) is 4.69. The van der Waals surface area contributed by atoms with Crippen LogP contribution in [0.4, 0.5) is 0 Å². The van der Waals surface area contributed by atoms with Crippen molar-refractivity contribution in [2.45, 2.75) is 51.7 Å². The molecule has 0 saturated carbocycles. The maximum Gasteiger partial charge on any atom is 0.335 e. The van der Waals surface area contributed by atoms with Gasteiger partial charge in [-0.25, -0.2) is 4.79 Å². The number of Topliss-reactive ketones (excluding diaryl/α,β-unsaturated/α-hetero) is 1. The maximum absolute atomic E-state index is 12.1. The molecular weight excluding hydrogens is 334 g/mol. The smallest absolute Gasteiger partial charge is 0.335 e. The molecule has 1 aromatic carbocycles. The molecule has 0 heterocycles. The number of unbranched alkanes of at least 4 members (excludes halogenated alkanes) is 1. The molecule has 0 radical (unpaired) electrons. The van der Waals surface area contributed by atoms with E-state index < -0.39 is 17.6 Å². The zero-order chi connectivity index (χ0) is 19.6. The fourth-order valence-corrected chi connectivity index (χ4v) is 1.94. The standard InChI is InChI=1S/C20H25NO5/c1-15(22)17(21-18(23)16-11-7-6-8-12-16)13-9-4-5-10-14-26-20(2,3)19(24)25/h6-8,11-12,17H,5,10,13-14H2,1-3H3,(H,21,23)(H,24,25). The lowest BCUT2D eigenvalue weighted by atomic mass is 10.1. The van der Waals surface area contributed by atoms with E-state index >= 15 is 0 Å². The normalized spacial score (nSPS) is 11.8. The topological polar surface area (TPSA) is 92.7 Å². The van der Waals surface area contributed by atoms with Crippen LogP contribution in [0.5, 0.6) is 0 Å². The average Bonchev–Trinajstić information content (AvgIpc) is 2.60. The SMILES string of the molecule is CC(=O)C(CC#CCCCOC(C)(C)C(=O)O)NC(=O)c1ccccc1. The molecule has 0 fully saturated rings. The molecule has 0 aliphatic rings. The molecule has 1 rings (SSSR count). The van der Waals surface area contributed by atoms with Gasteiger partial charge < -0.3 is 15.2 Å². The van der Waals surface area contributed by atoms with Crippen molar-refractivity contribution in [2.75, 3.05) is 6.61 Å². The Bertz CT molecular complexity index is 685. The van der Waals surface area contributed by atoms with E-state index in [1.54, 1.807) is 24.3 Å². The fraction of sp³-hybridized carbons (Fsp3) is 0.450. The van der Waals surface area contributed by atoms with Crippen LogP contribution >= 0.6 is 0 Å². The van der Waals surface area contributed by atoms with Gasteiger partial charge in [0.05, 0.1) is 6.04 Å². The Morgan fingerprint density at radius 1 is 1.19 bits per heavy atom. The van der Waals surface area contributed by atoms with Crippen molar-refractivity contribution >= 4 is 17.7 Å². The Morgan fingerprint density at radius 2 is 1.85 bits per heavy atom. The first-order valence-electron chi connectivity index (χ1n) is 8.43. The number of ether oxygens (including phenoxy) is 1. The summed E-state index contributed by atoms with van der Waals surface area (Å²) in [6, 6.07) is 8.02. The van der Waals surface area contributed by atoms with Gasteiger partial charge in [-0.15, -0.1) is 11.8 Å². The molecule has 1 aromatic rings. The molecular formula is C20H25NO5. The highest BCUT2D eigenvalue weighted by atomic mass is 16.5. The Morgan fingerprint density at radius 3 is 2.42 bits per heavy atom. The molecule has 26 heavy (non-hydrogen) atoms. The number of hydrogen-bond acceptors (Lipinski definition) is 4. The van der Waals surface area contributed by atoms with Gasteiger partial charge in [-0.3, -0.25) is 9.59 Å². The zero-order valence-corrected chi connectivity index (χ0v) is 15.4. The number of carbonyl (C=O) groups is 3. The lowest BCUT2D eigenvalue weighted by molar-refractivity contribution is -0.161. The van der Waals surface area contributed by atoms with Crippen molar-refractivity contribution in [2.24, 2.45) is 0 Å². The van der Waals surface area contributed by atoms with E-state index in [0.29, 0.717) is 18.4 Å². The van der Waals surface area contributed by atoms with Gasteiger partial charge in [-0.2, -0.15) is 0 Å². The zero-order valence-electron chi connectivity index (χ0n) is 15.4. The molecule has 0 aromatic heterocycles. The third-order valence-electron chi connectivity index (χ3n) is 3.69. The van der Waals surface area contributed by atoms with Crippen LogP contribution in [-0.4, -0.2) is 41.0 Å². The molecule has 6 heteroatoms. The van der Waals surface area contributed by atoms with Crippen LogP contribution in [0.15, 0.2) is 30.3 Å². The monoisotopic (exact) mass is 359 g/mol. The van der Waals surface area contributed by atoms with E-state index in [0.717, 1.165) is 0 Å². The van der Waals surface area contributed by atoms with Gasteiger partial charge in [0.15, 0.2) is 11.4 Å². The van der Waals surface area contributed by atoms with Crippen molar-refractivity contribution in [1.29, 1.82) is 0 Å². The number of nitrogens with one attached hydrogen (secondary N) is 1. The van der Waals surface area contributed by atoms with Crippen LogP contribution < -0.4 is 5.32 Å². The minimum atomic E-state index is -1.21. The first-order chi connectivity index (χ1) is 12.2. The second kappa shape index (κ2) is 10.4. The molecule has 6 nitrogen and oxygen atoms in total. The van der Waals surface area contributed by atoms with E-state index in [4.69, 9.17) is 9.84 Å². The van der Waals surface area contributed by atoms with Crippen LogP contribution in [-0.2, 0) is 14.3 Å². The molecule has 1 atom stereocenters. The second-order valence-corrected chi connectivity index (χ2v) is 6.33. The minimum Gasteiger partial charge on any atom is -0.479 e. The van der Waals surface area contributed by atoms with Crippen molar-refractivity contribution < 1.29 is 24.2 Å². The summed E-state index contributed by atoms with van der Waals surface area (Å²) < 4.78 is 5.28. The molecule has 2 N–H and O–H groups in total. The third kappa shape index (κ3) is 7.49. The highest BCUT2D eigenvalue weighted by Gasteiger charge is 2.27. The number of ketones is 1. The second-order valence-electron chi connectivity index (χ2n) is 6.33. The summed E-state index contributed by atoms with van der Waals surface area (Å²) in [5.74, 6) is 4.33. The lowest BCUT2D eigenvalue weighted by Crippen LogP contribution is -2.39. The fourth-order valence-electron chi connectivity index (χ4n) is 1.94. The number of hydrogen-bond donors (Lipinski definition) is 2. The molecule has 0 saturated heterocycles. The largest absolute Gasteiger partial charge is 0.479 e. The molecule has 0 spiro atoms. The predicted molar refractivity (Wildman–Crippen MR) is 97.7 cm³/mol. The summed E-state index contributed by atoms with van der Waals surface area (Å²) in [7, 11) is 0. The summed E-state index contributed by atoms with van der Waals surface area (Å²) in [5.41, 5.74) is -0.723. The van der Waals surface area contributed by atoms with Gasteiger partial charge in [-0.05, 0) is 39.3 Å². The van der Waals surface area contributed by atoms with Gasteiger partial charge in [0, 0.05) is 25.0 Å². The van der Waals surface area contributed by atoms with Crippen LogP contribution in [0.1, 0.15) is 50.4 Å². The first-order valence-corrected chi connectivity index (χ1v) is 8.43. The summed E-state index contributed by atoms with van der Waals surface area (Å²) in [5, 5.41) is 11.6. The van der Waals surface area contributed by atoms with Crippen molar-refractivity contribution in [1.82, 2.24) is 5.32 Å². The molecule has 140 valence electrons. The Balaban J connectivity index is 2.41. The van der Waals surface area contributed by atoms with E-state index in [1.807, 2.05) is 6.07 Å². The van der Waals surface area contributed by atoms with Gasteiger partial charge in [-0.1, -0.05) is 18.2 Å². The predicted octanol–water partition coefficient (Wildman–Crippen LogP) is 2.43. The van der Waals surface area contributed by atoms with E-state index in [2.05, 4.69) is 17.2 Å².